The first-order valence-electron chi connectivity index (χ1n) is 3.21. The highest BCUT2D eigenvalue weighted by Crippen LogP contribution is 2.01. The van der Waals surface area contributed by atoms with Gasteiger partial charge in [-0.25, -0.2) is 0 Å². The lowest BCUT2D eigenvalue weighted by atomic mass is 10.6. The molecule has 3 heteroatoms. The van der Waals surface area contributed by atoms with E-state index in [2.05, 4.69) is 12.2 Å². The molecule has 0 radical (unpaired) electrons. The highest BCUT2D eigenvalue weighted by atomic mass is 32.2. The second-order valence-electron chi connectivity index (χ2n) is 1.67. The fourth-order valence-corrected chi connectivity index (χ4v) is 1.03. The van der Waals surface area contributed by atoms with E-state index in [0.29, 0.717) is 0 Å². The summed E-state index contributed by atoms with van der Waals surface area (Å²) in [4.78, 5) is 10.7. The molecule has 9 heavy (non-hydrogen) atoms. The Morgan fingerprint density at radius 1 is 1.56 bits per heavy atom. The third kappa shape index (κ3) is 5.69. The molecule has 0 aliphatic heterocycles. The van der Waals surface area contributed by atoms with Crippen molar-refractivity contribution in [2.45, 2.75) is 20.3 Å². The zero-order chi connectivity index (χ0) is 7.11. The summed E-state index contributed by atoms with van der Waals surface area (Å²) in [6, 6.07) is 0. The lowest BCUT2D eigenvalue weighted by Crippen LogP contribution is -2.17. The van der Waals surface area contributed by atoms with Crippen LogP contribution < -0.4 is 5.32 Å². The van der Waals surface area contributed by atoms with Gasteiger partial charge in [-0.3, -0.25) is 4.79 Å². The Kier molecular flexibility index (Phi) is 5.83. The van der Waals surface area contributed by atoms with Gasteiger partial charge in [0.05, 0.1) is 0 Å². The van der Waals surface area contributed by atoms with Gasteiger partial charge in [0.2, 0.25) is 0 Å². The van der Waals surface area contributed by atoms with Crippen LogP contribution in [0.4, 0.5) is 4.79 Å². The molecule has 0 aromatic carbocycles. The molecule has 0 aliphatic carbocycles. The van der Waals surface area contributed by atoms with Crippen LogP contribution in [0.25, 0.3) is 0 Å². The van der Waals surface area contributed by atoms with E-state index in [0.717, 1.165) is 18.7 Å². The first-order valence-corrected chi connectivity index (χ1v) is 4.20. The average molecular weight is 147 g/mol. The van der Waals surface area contributed by atoms with Gasteiger partial charge in [-0.1, -0.05) is 18.7 Å². The normalized spacial score (nSPS) is 9.11. The molecule has 0 unspecified atom stereocenters. The van der Waals surface area contributed by atoms with Crippen LogP contribution in [0, 0.1) is 0 Å². The third-order valence-corrected chi connectivity index (χ3v) is 1.78. The van der Waals surface area contributed by atoms with Gasteiger partial charge in [0.25, 0.3) is 5.24 Å². The molecule has 0 aromatic rings. The highest BCUT2D eigenvalue weighted by Gasteiger charge is 1.95. The molecule has 0 fully saturated rings. The van der Waals surface area contributed by atoms with Gasteiger partial charge in [0.15, 0.2) is 0 Å². The largest absolute Gasteiger partial charge is 0.347 e. The van der Waals surface area contributed by atoms with Crippen molar-refractivity contribution in [1.29, 1.82) is 0 Å². The van der Waals surface area contributed by atoms with Crippen LogP contribution in [0.3, 0.4) is 0 Å². The fourth-order valence-electron chi connectivity index (χ4n) is 0.390. The van der Waals surface area contributed by atoms with Crippen molar-refractivity contribution in [2.75, 3.05) is 12.3 Å². The Balaban J connectivity index is 3.06. The smallest absolute Gasteiger partial charge is 0.279 e. The van der Waals surface area contributed by atoms with Gasteiger partial charge in [-0.05, 0) is 13.3 Å². The summed E-state index contributed by atoms with van der Waals surface area (Å²) in [6.45, 7) is 4.71. The molecule has 1 N–H and O–H groups in total. The minimum absolute atomic E-state index is 0.0966. The molecule has 0 heterocycles. The molecule has 2 nitrogen and oxygen atoms in total. The number of nitrogens with one attached hydrogen (secondary N) is 1. The van der Waals surface area contributed by atoms with Crippen LogP contribution in [0.1, 0.15) is 20.3 Å². The van der Waals surface area contributed by atoms with Crippen molar-refractivity contribution in [3.8, 4) is 0 Å². The van der Waals surface area contributed by atoms with E-state index in [1.807, 2.05) is 6.92 Å². The van der Waals surface area contributed by atoms with E-state index in [-0.39, 0.29) is 5.24 Å². The molecule has 0 rings (SSSR count). The predicted octanol–water partition coefficient (Wildman–Crippen LogP) is 1.86. The van der Waals surface area contributed by atoms with Gasteiger partial charge in [0.1, 0.15) is 0 Å². The number of amides is 1. The zero-order valence-corrected chi connectivity index (χ0v) is 6.75. The SMILES string of the molecule is CCCSC(=O)NCC. The Labute approximate surface area is 60.4 Å². The average Bonchev–Trinajstić information content (AvgIpc) is 1.85. The van der Waals surface area contributed by atoms with E-state index in [9.17, 15) is 4.79 Å². The van der Waals surface area contributed by atoms with E-state index >= 15 is 0 Å². The Morgan fingerprint density at radius 3 is 2.67 bits per heavy atom. The van der Waals surface area contributed by atoms with Crippen LogP contribution in [-0.2, 0) is 0 Å². The summed E-state index contributed by atoms with van der Waals surface area (Å²) in [6.07, 6.45) is 1.06. The summed E-state index contributed by atoms with van der Waals surface area (Å²) in [7, 11) is 0. The van der Waals surface area contributed by atoms with Gasteiger partial charge in [-0.2, -0.15) is 0 Å². The molecule has 0 atom stereocenters. The van der Waals surface area contributed by atoms with E-state index in [1.165, 1.54) is 11.8 Å². The molecule has 0 spiro atoms. The maximum Gasteiger partial charge on any atom is 0.279 e. The topological polar surface area (TPSA) is 29.1 Å². The maximum atomic E-state index is 10.7. The molecule has 0 bridgehead atoms. The Bertz CT molecular complexity index is 85.1. The van der Waals surface area contributed by atoms with Crippen LogP contribution in [0.15, 0.2) is 0 Å². The molecule has 1 amide bonds. The monoisotopic (exact) mass is 147 g/mol. The van der Waals surface area contributed by atoms with Crippen LogP contribution >= 0.6 is 11.8 Å². The molecule has 54 valence electrons. The Morgan fingerprint density at radius 2 is 2.22 bits per heavy atom. The second-order valence-corrected chi connectivity index (χ2v) is 2.73. The van der Waals surface area contributed by atoms with Crippen molar-refractivity contribution in [1.82, 2.24) is 5.32 Å². The molecule has 0 saturated carbocycles. The number of hydrogen-bond donors (Lipinski definition) is 1. The number of hydrogen-bond acceptors (Lipinski definition) is 2. The fraction of sp³-hybridized carbons (Fsp3) is 0.833. The van der Waals surface area contributed by atoms with Crippen LogP contribution in [-0.4, -0.2) is 17.5 Å². The van der Waals surface area contributed by atoms with Gasteiger partial charge >= 0.3 is 0 Å². The van der Waals surface area contributed by atoms with Crippen molar-refractivity contribution in [3.05, 3.63) is 0 Å². The minimum Gasteiger partial charge on any atom is -0.347 e. The number of carbonyl (C=O) groups excluding carboxylic acids is 1. The summed E-state index contributed by atoms with van der Waals surface area (Å²) in [5, 5.41) is 2.80. The number of rotatable bonds is 3. The molecule has 0 saturated heterocycles. The van der Waals surface area contributed by atoms with Crippen LogP contribution in [0.5, 0.6) is 0 Å². The zero-order valence-electron chi connectivity index (χ0n) is 5.94. The molecular formula is C6H13NOS. The lowest BCUT2D eigenvalue weighted by Gasteiger charge is -1.97. The number of carbonyl (C=O) groups is 1. The summed E-state index contributed by atoms with van der Waals surface area (Å²) in [5.41, 5.74) is 0. The third-order valence-electron chi connectivity index (χ3n) is 0.758. The minimum atomic E-state index is 0.0966. The Hall–Kier alpha value is -0.180. The summed E-state index contributed by atoms with van der Waals surface area (Å²) >= 11 is 1.35. The predicted molar refractivity (Wildman–Crippen MR) is 41.8 cm³/mol. The summed E-state index contributed by atoms with van der Waals surface area (Å²) in [5.74, 6) is 0.922. The van der Waals surface area contributed by atoms with Crippen molar-refractivity contribution >= 4 is 17.0 Å². The quantitative estimate of drug-likeness (QED) is 0.660. The molecule has 0 aliphatic rings. The van der Waals surface area contributed by atoms with E-state index < -0.39 is 0 Å². The standard InChI is InChI=1S/C6H13NOS/c1-3-5-9-6(8)7-4-2/h3-5H2,1-2H3,(H,7,8). The van der Waals surface area contributed by atoms with Gasteiger partial charge in [0, 0.05) is 12.3 Å². The van der Waals surface area contributed by atoms with Crippen molar-refractivity contribution in [2.24, 2.45) is 0 Å². The first kappa shape index (κ1) is 8.82. The number of thioether (sulfide) groups is 1. The first-order chi connectivity index (χ1) is 4.31. The van der Waals surface area contributed by atoms with E-state index in [1.54, 1.807) is 0 Å². The second kappa shape index (κ2) is 5.95. The van der Waals surface area contributed by atoms with Crippen molar-refractivity contribution in [3.63, 3.8) is 0 Å². The maximum absolute atomic E-state index is 10.7. The lowest BCUT2D eigenvalue weighted by molar-refractivity contribution is 0.261. The summed E-state index contributed by atoms with van der Waals surface area (Å²) < 4.78 is 0. The van der Waals surface area contributed by atoms with Gasteiger partial charge < -0.3 is 5.32 Å². The van der Waals surface area contributed by atoms with Crippen LogP contribution in [0.2, 0.25) is 0 Å². The molecular weight excluding hydrogens is 134 g/mol. The van der Waals surface area contributed by atoms with Crippen molar-refractivity contribution < 1.29 is 4.79 Å². The highest BCUT2D eigenvalue weighted by molar-refractivity contribution is 8.13. The van der Waals surface area contributed by atoms with E-state index in [4.69, 9.17) is 0 Å². The van der Waals surface area contributed by atoms with Gasteiger partial charge in [-0.15, -0.1) is 0 Å². The molecule has 0 aromatic heterocycles.